The molecule has 0 radical (unpaired) electrons. The first-order valence-corrected chi connectivity index (χ1v) is 4.48. The Bertz CT molecular complexity index is 312. The lowest BCUT2D eigenvalue weighted by Crippen LogP contribution is -1.97. The fraction of sp³-hybridized carbons (Fsp3) is 0.111. The molecule has 0 saturated carbocycles. The second-order valence-electron chi connectivity index (χ2n) is 2.35. The average Bonchev–Trinajstić information content (AvgIpc) is 2.11. The highest BCUT2D eigenvalue weighted by atomic mass is 35.5. The van der Waals surface area contributed by atoms with Crippen LogP contribution >= 0.6 is 23.2 Å². The standard InChI is InChI=1S/C9H9Cl2NO/c10-4-1-5-13-9-6-7(11)2-3-8(9)12/h1-4,6H,5,12H2/b4-1+. The molecule has 1 rings (SSSR count). The van der Waals surface area contributed by atoms with E-state index in [1.165, 1.54) is 5.54 Å². The Morgan fingerprint density at radius 1 is 1.46 bits per heavy atom. The quantitative estimate of drug-likeness (QED) is 0.791. The van der Waals surface area contributed by atoms with Crippen LogP contribution in [0.15, 0.2) is 29.8 Å². The highest BCUT2D eigenvalue weighted by molar-refractivity contribution is 6.30. The van der Waals surface area contributed by atoms with Crippen LogP contribution < -0.4 is 10.5 Å². The number of rotatable bonds is 3. The average molecular weight is 218 g/mol. The molecule has 0 aliphatic rings. The van der Waals surface area contributed by atoms with E-state index in [4.69, 9.17) is 33.7 Å². The van der Waals surface area contributed by atoms with Gasteiger partial charge >= 0.3 is 0 Å². The molecule has 0 atom stereocenters. The van der Waals surface area contributed by atoms with Crippen LogP contribution in [-0.4, -0.2) is 6.61 Å². The summed E-state index contributed by atoms with van der Waals surface area (Å²) in [6.45, 7) is 0.383. The van der Waals surface area contributed by atoms with E-state index in [2.05, 4.69) is 0 Å². The molecule has 0 aliphatic heterocycles. The lowest BCUT2D eigenvalue weighted by Gasteiger charge is -2.06. The molecule has 13 heavy (non-hydrogen) atoms. The van der Waals surface area contributed by atoms with Crippen molar-refractivity contribution in [3.05, 3.63) is 34.8 Å². The molecule has 0 bridgehead atoms. The molecule has 0 unspecified atom stereocenters. The summed E-state index contributed by atoms with van der Waals surface area (Å²) in [4.78, 5) is 0. The van der Waals surface area contributed by atoms with Crippen molar-refractivity contribution >= 4 is 28.9 Å². The molecule has 2 N–H and O–H groups in total. The number of hydrogen-bond acceptors (Lipinski definition) is 2. The third-order valence-corrected chi connectivity index (χ3v) is 1.81. The van der Waals surface area contributed by atoms with E-state index in [1.807, 2.05) is 0 Å². The summed E-state index contributed by atoms with van der Waals surface area (Å²) in [6, 6.07) is 5.07. The molecule has 0 aliphatic carbocycles. The predicted molar refractivity (Wildman–Crippen MR) is 56.4 cm³/mol. The highest BCUT2D eigenvalue weighted by Crippen LogP contribution is 2.25. The van der Waals surface area contributed by atoms with E-state index in [0.717, 1.165) is 0 Å². The van der Waals surface area contributed by atoms with Crippen LogP contribution in [0.5, 0.6) is 5.75 Å². The van der Waals surface area contributed by atoms with Gasteiger partial charge in [-0.25, -0.2) is 0 Å². The highest BCUT2D eigenvalue weighted by Gasteiger charge is 1.99. The Kier molecular flexibility index (Phi) is 3.93. The molecular weight excluding hydrogens is 209 g/mol. The van der Waals surface area contributed by atoms with Crippen molar-refractivity contribution in [2.24, 2.45) is 0 Å². The number of halogens is 2. The zero-order valence-corrected chi connectivity index (χ0v) is 8.35. The van der Waals surface area contributed by atoms with Gasteiger partial charge < -0.3 is 10.5 Å². The van der Waals surface area contributed by atoms with Gasteiger partial charge in [0, 0.05) is 16.6 Å². The fourth-order valence-electron chi connectivity index (χ4n) is 0.807. The van der Waals surface area contributed by atoms with Crippen LogP contribution in [0.25, 0.3) is 0 Å². The second-order valence-corrected chi connectivity index (χ2v) is 3.04. The summed E-state index contributed by atoms with van der Waals surface area (Å²) in [6.07, 6.45) is 1.67. The Balaban J connectivity index is 2.69. The predicted octanol–water partition coefficient (Wildman–Crippen LogP) is 3.05. The maximum atomic E-state index is 5.75. The maximum Gasteiger partial charge on any atom is 0.144 e. The molecule has 70 valence electrons. The Morgan fingerprint density at radius 2 is 2.23 bits per heavy atom. The molecular formula is C9H9Cl2NO. The van der Waals surface area contributed by atoms with Gasteiger partial charge in [-0.05, 0) is 18.2 Å². The maximum absolute atomic E-state index is 5.75. The van der Waals surface area contributed by atoms with E-state index < -0.39 is 0 Å². The summed E-state index contributed by atoms with van der Waals surface area (Å²) < 4.78 is 5.28. The lowest BCUT2D eigenvalue weighted by molar-refractivity contribution is 0.365. The van der Waals surface area contributed by atoms with Gasteiger partial charge in [0.05, 0.1) is 5.69 Å². The molecule has 0 fully saturated rings. The van der Waals surface area contributed by atoms with Gasteiger partial charge in [-0.3, -0.25) is 0 Å². The number of hydrogen-bond donors (Lipinski definition) is 1. The smallest absolute Gasteiger partial charge is 0.144 e. The van der Waals surface area contributed by atoms with Crippen molar-refractivity contribution in [2.45, 2.75) is 0 Å². The minimum absolute atomic E-state index is 0.383. The van der Waals surface area contributed by atoms with E-state index in [0.29, 0.717) is 23.1 Å². The third kappa shape index (κ3) is 3.17. The minimum atomic E-state index is 0.383. The van der Waals surface area contributed by atoms with Gasteiger partial charge in [0.25, 0.3) is 0 Å². The fourth-order valence-corrected chi connectivity index (χ4v) is 1.04. The monoisotopic (exact) mass is 217 g/mol. The Hall–Kier alpha value is -0.860. The third-order valence-electron chi connectivity index (χ3n) is 1.40. The molecule has 0 amide bonds. The normalized spacial score (nSPS) is 10.6. The SMILES string of the molecule is Nc1ccc(Cl)cc1OC/C=C/Cl. The molecule has 1 aromatic carbocycles. The first kappa shape index (κ1) is 10.2. The number of anilines is 1. The van der Waals surface area contributed by atoms with Crippen molar-refractivity contribution < 1.29 is 4.74 Å². The first-order chi connectivity index (χ1) is 6.24. The van der Waals surface area contributed by atoms with E-state index >= 15 is 0 Å². The topological polar surface area (TPSA) is 35.2 Å². The number of ether oxygens (including phenoxy) is 1. The zero-order chi connectivity index (χ0) is 9.68. The summed E-state index contributed by atoms with van der Waals surface area (Å²) in [5.41, 5.74) is 7.58. The van der Waals surface area contributed by atoms with Crippen LogP contribution in [-0.2, 0) is 0 Å². The summed E-state index contributed by atoms with van der Waals surface area (Å²) >= 11 is 11.1. The van der Waals surface area contributed by atoms with Gasteiger partial charge in [-0.2, -0.15) is 0 Å². The van der Waals surface area contributed by atoms with E-state index in [9.17, 15) is 0 Å². The molecule has 0 heterocycles. The Morgan fingerprint density at radius 3 is 2.92 bits per heavy atom. The van der Waals surface area contributed by atoms with Crippen LogP contribution in [0.2, 0.25) is 5.02 Å². The van der Waals surface area contributed by atoms with Crippen molar-refractivity contribution in [3.63, 3.8) is 0 Å². The minimum Gasteiger partial charge on any atom is -0.487 e. The van der Waals surface area contributed by atoms with Gasteiger partial charge in [-0.1, -0.05) is 23.2 Å². The molecule has 2 nitrogen and oxygen atoms in total. The van der Waals surface area contributed by atoms with Gasteiger partial charge in [0.1, 0.15) is 12.4 Å². The number of benzene rings is 1. The summed E-state index contributed by atoms with van der Waals surface area (Å²) in [7, 11) is 0. The van der Waals surface area contributed by atoms with Crippen LogP contribution in [0.4, 0.5) is 5.69 Å². The number of nitrogens with two attached hydrogens (primary N) is 1. The number of nitrogen functional groups attached to an aromatic ring is 1. The molecule has 0 spiro atoms. The Labute approximate surface area is 86.9 Å². The van der Waals surface area contributed by atoms with Crippen molar-refractivity contribution in [2.75, 3.05) is 12.3 Å². The van der Waals surface area contributed by atoms with E-state index in [-0.39, 0.29) is 0 Å². The zero-order valence-electron chi connectivity index (χ0n) is 6.84. The summed E-state index contributed by atoms with van der Waals surface area (Å²) in [5.74, 6) is 0.572. The van der Waals surface area contributed by atoms with Gasteiger partial charge in [0.2, 0.25) is 0 Å². The summed E-state index contributed by atoms with van der Waals surface area (Å²) in [5, 5.41) is 0.596. The van der Waals surface area contributed by atoms with Gasteiger partial charge in [0.15, 0.2) is 0 Å². The molecule has 0 aromatic heterocycles. The van der Waals surface area contributed by atoms with Crippen LogP contribution in [0, 0.1) is 0 Å². The molecule has 0 saturated heterocycles. The van der Waals surface area contributed by atoms with Crippen LogP contribution in [0.1, 0.15) is 0 Å². The van der Waals surface area contributed by atoms with Crippen molar-refractivity contribution in [1.29, 1.82) is 0 Å². The first-order valence-electron chi connectivity index (χ1n) is 3.67. The largest absolute Gasteiger partial charge is 0.487 e. The van der Waals surface area contributed by atoms with Gasteiger partial charge in [-0.15, -0.1) is 0 Å². The van der Waals surface area contributed by atoms with Crippen molar-refractivity contribution in [3.8, 4) is 5.75 Å². The van der Waals surface area contributed by atoms with Crippen molar-refractivity contribution in [1.82, 2.24) is 0 Å². The van der Waals surface area contributed by atoms with E-state index in [1.54, 1.807) is 24.3 Å². The molecule has 1 aromatic rings. The second kappa shape index (κ2) is 5.00. The van der Waals surface area contributed by atoms with Crippen LogP contribution in [0.3, 0.4) is 0 Å². The molecule has 4 heteroatoms. The lowest BCUT2D eigenvalue weighted by atomic mass is 10.3.